The Morgan fingerprint density at radius 3 is 1.59 bits per heavy atom. The van der Waals surface area contributed by atoms with Gasteiger partial charge in [0.05, 0.1) is 225 Å². The summed E-state index contributed by atoms with van der Waals surface area (Å²) in [4.78, 5) is 128. The molecule has 2 aromatic heterocycles. The van der Waals surface area contributed by atoms with Crippen molar-refractivity contribution in [2.24, 2.45) is 11.3 Å². The number of carbonyl (C=O) groups excluding carboxylic acids is 8. The quantitative estimate of drug-likeness (QED) is 0.0158. The number of fused-ring (bicyclic) bond motifs is 7. The van der Waals surface area contributed by atoms with Gasteiger partial charge in [-0.25, -0.2) is 14.2 Å². The smallest absolute Gasteiger partial charge is 0.343 e. The predicted molar refractivity (Wildman–Crippen MR) is 459 cm³/mol. The van der Waals surface area contributed by atoms with Crippen molar-refractivity contribution < 1.29 is 114 Å². The van der Waals surface area contributed by atoms with Crippen LogP contribution in [-0.4, -0.2) is 276 Å². The first kappa shape index (κ1) is 97.3. The van der Waals surface area contributed by atoms with Gasteiger partial charge in [0, 0.05) is 72.1 Å². The maximum atomic E-state index is 15.5. The number of hydrogen-bond acceptors (Lipinski definition) is 25. The molecule has 3 aromatic carbocycles. The predicted octanol–water partition coefficient (Wildman–Crippen LogP) is 5.39. The average molecular weight is 1760 g/mol. The van der Waals surface area contributed by atoms with Crippen LogP contribution in [0.3, 0.4) is 0 Å². The minimum Gasteiger partial charge on any atom is -0.458 e. The summed E-state index contributed by atoms with van der Waals surface area (Å²) in [6, 6.07) is 14.6. The number of pyridine rings is 2. The molecule has 2 aliphatic carbocycles. The molecule has 6 aliphatic rings. The van der Waals surface area contributed by atoms with Gasteiger partial charge in [-0.2, -0.15) is 0 Å². The van der Waals surface area contributed by atoms with Crippen LogP contribution in [0.5, 0.6) is 0 Å². The summed E-state index contributed by atoms with van der Waals surface area (Å²) < 4.78 is 94.6. The molecule has 11 rings (SSSR count). The van der Waals surface area contributed by atoms with Crippen molar-refractivity contribution in [1.29, 1.82) is 0 Å². The molecule has 4 aliphatic heterocycles. The van der Waals surface area contributed by atoms with E-state index in [9.17, 15) is 48.3 Å². The normalized spacial score (nSPS) is 17.4. The molecule has 5 unspecified atom stereocenters. The Kier molecular flexibility index (Phi) is 38.5. The summed E-state index contributed by atoms with van der Waals surface area (Å²) in [5, 5.41) is 26.0. The number of hydrogen-bond donors (Lipinski definition) is 6. The number of carbonyl (C=O) groups is 8. The second-order valence-electron chi connectivity index (χ2n) is 32.2. The monoisotopic (exact) mass is 1760 g/mol. The lowest BCUT2D eigenvalue weighted by molar-refractivity contribution is -0.172. The van der Waals surface area contributed by atoms with Gasteiger partial charge in [-0.15, -0.1) is 0 Å². The van der Waals surface area contributed by atoms with Gasteiger partial charge in [0.2, 0.25) is 41.4 Å². The summed E-state index contributed by atoms with van der Waals surface area (Å²) in [6.45, 7) is 19.6. The number of ether oxygens (including phenoxy) is 14. The summed E-state index contributed by atoms with van der Waals surface area (Å²) in [5.74, 6) is 2.87. The van der Waals surface area contributed by atoms with E-state index in [1.54, 1.807) is 24.8 Å². The highest BCUT2D eigenvalue weighted by atomic mass is 19.1. The van der Waals surface area contributed by atoms with Gasteiger partial charge in [-0.05, 0) is 137 Å². The Morgan fingerprint density at radius 2 is 1.05 bits per heavy atom. The van der Waals surface area contributed by atoms with E-state index < -0.39 is 70.7 Å². The molecule has 5 atom stereocenters. The molecular formula is C92H124FN9O24. The molecule has 7 amide bonds. The minimum absolute atomic E-state index is 0.0181. The van der Waals surface area contributed by atoms with Crippen LogP contribution in [0.15, 0.2) is 65.5 Å². The number of aliphatic hydroxyl groups is 1. The number of halogens is 1. The number of benzene rings is 3. The molecule has 1 saturated heterocycles. The lowest BCUT2D eigenvalue weighted by atomic mass is 9.65. The van der Waals surface area contributed by atoms with E-state index in [0.717, 1.165) is 79.6 Å². The summed E-state index contributed by atoms with van der Waals surface area (Å²) >= 11 is 0. The number of anilines is 1. The molecule has 1 saturated carbocycles. The first-order valence-electron chi connectivity index (χ1n) is 44.2. The minimum atomic E-state index is -2.06. The van der Waals surface area contributed by atoms with Crippen LogP contribution < -0.4 is 37.0 Å². The van der Waals surface area contributed by atoms with Gasteiger partial charge in [0.1, 0.15) is 30.5 Å². The zero-order chi connectivity index (χ0) is 89.2. The Bertz CT molecular complexity index is 4620. The maximum Gasteiger partial charge on any atom is 0.343 e. The van der Waals surface area contributed by atoms with Crippen LogP contribution in [0.2, 0.25) is 0 Å². The number of para-hydroxylation sites is 1. The summed E-state index contributed by atoms with van der Waals surface area (Å²) in [5.41, 5.74) is 4.81. The number of likely N-dealkylation sites (tertiary alicyclic amines) is 1. The highest BCUT2D eigenvalue weighted by molar-refractivity contribution is 5.97. The van der Waals surface area contributed by atoms with Crippen molar-refractivity contribution in [2.75, 3.05) is 196 Å². The highest BCUT2D eigenvalue weighted by Gasteiger charge is 2.47. The fourth-order valence-corrected chi connectivity index (χ4v) is 16.4. The van der Waals surface area contributed by atoms with Crippen LogP contribution in [0.4, 0.5) is 10.1 Å². The number of rotatable bonds is 54. The lowest BCUT2D eigenvalue weighted by Crippen LogP contribution is -2.54. The van der Waals surface area contributed by atoms with Crippen molar-refractivity contribution in [2.45, 2.75) is 161 Å². The van der Waals surface area contributed by atoms with Crippen LogP contribution in [-0.2, 0) is 136 Å². The van der Waals surface area contributed by atoms with E-state index in [1.165, 1.54) is 31.4 Å². The number of nitrogens with one attached hydrogen (secondary N) is 5. The van der Waals surface area contributed by atoms with Gasteiger partial charge in [0.25, 0.3) is 5.56 Å². The molecule has 1 spiro atoms. The van der Waals surface area contributed by atoms with Gasteiger partial charge < -0.3 is 112 Å². The molecule has 688 valence electrons. The Morgan fingerprint density at radius 1 is 0.563 bits per heavy atom. The molecule has 126 heavy (non-hydrogen) atoms. The third-order valence-electron chi connectivity index (χ3n) is 23.8. The molecule has 33 nitrogen and oxygen atoms in total. The second-order valence-corrected chi connectivity index (χ2v) is 32.2. The number of aryl methyl sites for hydroxylation is 1. The maximum absolute atomic E-state index is 15.5. The van der Waals surface area contributed by atoms with Gasteiger partial charge in [-0.1, -0.05) is 49.1 Å². The van der Waals surface area contributed by atoms with Crippen LogP contribution in [0.25, 0.3) is 22.3 Å². The van der Waals surface area contributed by atoms with Crippen molar-refractivity contribution in [3.8, 4) is 23.2 Å². The van der Waals surface area contributed by atoms with Gasteiger partial charge in [0.15, 0.2) is 5.60 Å². The van der Waals surface area contributed by atoms with E-state index in [2.05, 4.69) is 38.4 Å². The second kappa shape index (κ2) is 49.9. The van der Waals surface area contributed by atoms with E-state index in [4.69, 9.17) is 71.3 Å². The number of nitrogens with zero attached hydrogens (tertiary/aromatic N) is 4. The molecular weight excluding hydrogens is 1630 g/mol. The first-order valence-corrected chi connectivity index (χ1v) is 44.2. The zero-order valence-electron chi connectivity index (χ0n) is 73.3. The number of cyclic esters (lactones) is 1. The number of amides is 7. The molecule has 34 heteroatoms. The molecule has 2 fully saturated rings. The molecule has 0 bridgehead atoms. The molecule has 6 N–H and O–H groups in total. The zero-order valence-corrected chi connectivity index (χ0v) is 73.3. The molecule has 0 radical (unpaired) electrons. The van der Waals surface area contributed by atoms with E-state index in [1.807, 2.05) is 53.4 Å². The number of piperidine rings is 1. The summed E-state index contributed by atoms with van der Waals surface area (Å²) in [6.07, 6.45) is 6.62. The number of aromatic nitrogens is 2. The van der Waals surface area contributed by atoms with Crippen molar-refractivity contribution in [1.82, 2.24) is 41.0 Å². The SMILES string of the molecule is CCC1(O)C(=O)OCc2c1cc1n(c2=O)Cc2c-1nc1cc(F)c(C)c3c1c2C(NC(=O)C(C)NC(=O)C(C)NC(=O)C(C)NC(=O)CCOCCOCCOCCOCCOCCOCCOCCOCCOCCOCCOCCOCCOCCC(=O)N1CCC2(CCC(C(=O)NCCC(=O)N4Cc5ccccc5C#Cc5ccccc54)CC2)CC1)CC3. The standard InChI is InChI=1S/C92H124FN9O24/c1-6-92(112)73-57-78-84-71(60-102(78)89(110)72(73)61-126-90(92)111)83-75(18-17-70-62(2)74(93)58-76(98-84)82(70)83)99-87(108)65(5)97-86(107)64(4)96-85(106)63(3)95-79(103)22-31-113-33-35-115-37-39-117-41-43-119-45-47-121-49-51-123-53-55-125-56-54-124-52-50-122-48-46-120-44-42-118-40-38-116-36-34-114-32-23-80(104)100-29-26-91(27-30-100)24-19-68(20-25-91)88(109)94-28-21-81(105)101-59-69-13-8-7-11-66(69)15-16-67-12-9-10-14-77(67)101/h7-14,57-58,63-65,68,75,112H,6,17-56,59-61H2,1-5H3,(H,94,109)(H,95,103)(H,96,106)(H,97,107)(H,99,108). The van der Waals surface area contributed by atoms with E-state index in [0.29, 0.717) is 217 Å². The van der Waals surface area contributed by atoms with Crippen molar-refractivity contribution >= 4 is 63.9 Å². The van der Waals surface area contributed by atoms with Crippen LogP contribution in [0.1, 0.15) is 154 Å². The highest BCUT2D eigenvalue weighted by Crippen LogP contribution is 2.48. The average Bonchev–Trinajstić information content (AvgIpc) is 1.55. The Labute approximate surface area is 734 Å². The van der Waals surface area contributed by atoms with Crippen molar-refractivity contribution in [3.05, 3.63) is 127 Å². The van der Waals surface area contributed by atoms with Crippen LogP contribution >= 0.6 is 0 Å². The topological polar surface area (TPSA) is 388 Å². The third-order valence-corrected chi connectivity index (χ3v) is 23.8. The fourth-order valence-electron chi connectivity index (χ4n) is 16.4. The van der Waals surface area contributed by atoms with Crippen molar-refractivity contribution in [3.63, 3.8) is 0 Å². The van der Waals surface area contributed by atoms with E-state index >= 15 is 4.39 Å². The fraction of sp³-hybridized carbons (Fsp3) is 0.609. The van der Waals surface area contributed by atoms with E-state index in [-0.39, 0.29) is 99.0 Å². The van der Waals surface area contributed by atoms with Crippen LogP contribution in [0, 0.1) is 35.9 Å². The first-order chi connectivity index (χ1) is 61.2. The largest absolute Gasteiger partial charge is 0.458 e. The number of esters is 1. The van der Waals surface area contributed by atoms with Gasteiger partial charge in [-0.3, -0.25) is 38.4 Å². The summed E-state index contributed by atoms with van der Waals surface area (Å²) in [7, 11) is 0. The molecule has 6 heterocycles. The van der Waals surface area contributed by atoms with Gasteiger partial charge >= 0.3 is 5.97 Å². The molecule has 5 aromatic rings. The Hall–Kier alpha value is -9.29. The lowest BCUT2D eigenvalue weighted by Gasteiger charge is -2.45. The third kappa shape index (κ3) is 27.4. The Balaban J connectivity index is 0.402.